The van der Waals surface area contributed by atoms with Crippen LogP contribution in [0.3, 0.4) is 0 Å². The maximum Gasteiger partial charge on any atom is 0.260 e. The Morgan fingerprint density at radius 1 is 1.30 bits per heavy atom. The van der Waals surface area contributed by atoms with Gasteiger partial charge in [-0.2, -0.15) is 0 Å². The molecule has 0 radical (unpaired) electrons. The molecule has 2 saturated heterocycles. The number of rotatable bonds is 2. The maximum absolute atomic E-state index is 12.6. The van der Waals surface area contributed by atoms with Crippen molar-refractivity contribution >= 4 is 5.91 Å². The first kappa shape index (κ1) is 13.4. The van der Waals surface area contributed by atoms with Crippen molar-refractivity contribution in [1.82, 2.24) is 15.2 Å². The standard InChI is InChI=1S/C15H21N3O2/c1-10-6-7-11(14(19)17-10)15(20)18-9-3-5-13(18)12-4-2-8-16-12/h6-7,12-13,16H,2-5,8-9H2,1H3,(H,17,19). The van der Waals surface area contributed by atoms with Crippen LogP contribution in [-0.2, 0) is 0 Å². The number of nitrogens with one attached hydrogen (secondary N) is 2. The molecule has 2 aliphatic rings. The van der Waals surface area contributed by atoms with Gasteiger partial charge >= 0.3 is 0 Å². The van der Waals surface area contributed by atoms with Crippen molar-refractivity contribution in [3.63, 3.8) is 0 Å². The number of carbonyl (C=O) groups is 1. The SMILES string of the molecule is Cc1ccc(C(=O)N2CCCC2C2CCCN2)c(=O)[nH]1. The number of aromatic nitrogens is 1. The summed E-state index contributed by atoms with van der Waals surface area (Å²) in [4.78, 5) is 29.2. The first-order valence-electron chi connectivity index (χ1n) is 7.41. The second-order valence-corrected chi connectivity index (χ2v) is 5.80. The van der Waals surface area contributed by atoms with Crippen LogP contribution in [0.15, 0.2) is 16.9 Å². The zero-order valence-corrected chi connectivity index (χ0v) is 11.8. The van der Waals surface area contributed by atoms with Crippen LogP contribution >= 0.6 is 0 Å². The largest absolute Gasteiger partial charge is 0.334 e. The van der Waals surface area contributed by atoms with Crippen molar-refractivity contribution in [2.75, 3.05) is 13.1 Å². The Morgan fingerprint density at radius 2 is 2.15 bits per heavy atom. The van der Waals surface area contributed by atoms with E-state index in [2.05, 4.69) is 10.3 Å². The first-order valence-corrected chi connectivity index (χ1v) is 7.41. The number of nitrogens with zero attached hydrogens (tertiary/aromatic N) is 1. The number of hydrogen-bond acceptors (Lipinski definition) is 3. The van der Waals surface area contributed by atoms with E-state index in [1.165, 1.54) is 6.42 Å². The normalized spacial score (nSPS) is 26.1. The Labute approximate surface area is 118 Å². The average Bonchev–Trinajstić information content (AvgIpc) is 3.09. The molecule has 0 saturated carbocycles. The lowest BCUT2D eigenvalue weighted by molar-refractivity contribution is 0.0709. The molecule has 20 heavy (non-hydrogen) atoms. The molecular formula is C15H21N3O2. The van der Waals surface area contributed by atoms with Gasteiger partial charge in [0.25, 0.3) is 11.5 Å². The second-order valence-electron chi connectivity index (χ2n) is 5.80. The third-order valence-corrected chi connectivity index (χ3v) is 4.41. The van der Waals surface area contributed by atoms with Crippen LogP contribution in [0.25, 0.3) is 0 Å². The smallest absolute Gasteiger partial charge is 0.260 e. The predicted octanol–water partition coefficient (Wildman–Crippen LogP) is 1.04. The van der Waals surface area contributed by atoms with Gasteiger partial charge in [-0.3, -0.25) is 9.59 Å². The highest BCUT2D eigenvalue weighted by atomic mass is 16.2. The van der Waals surface area contributed by atoms with E-state index in [0.29, 0.717) is 6.04 Å². The molecule has 1 aromatic heterocycles. The molecule has 2 atom stereocenters. The van der Waals surface area contributed by atoms with Gasteiger partial charge in [0.2, 0.25) is 0 Å². The van der Waals surface area contributed by atoms with Gasteiger partial charge in [-0.15, -0.1) is 0 Å². The molecule has 2 fully saturated rings. The fourth-order valence-electron chi connectivity index (χ4n) is 3.40. The molecule has 0 aromatic carbocycles. The second kappa shape index (κ2) is 5.40. The van der Waals surface area contributed by atoms with E-state index in [9.17, 15) is 9.59 Å². The number of aryl methyl sites for hydroxylation is 1. The predicted molar refractivity (Wildman–Crippen MR) is 76.9 cm³/mol. The lowest BCUT2D eigenvalue weighted by Gasteiger charge is -2.29. The molecule has 2 N–H and O–H groups in total. The van der Waals surface area contributed by atoms with E-state index in [-0.39, 0.29) is 23.1 Å². The number of likely N-dealkylation sites (tertiary alicyclic amines) is 1. The van der Waals surface area contributed by atoms with Gasteiger partial charge in [-0.1, -0.05) is 0 Å². The third-order valence-electron chi connectivity index (χ3n) is 4.41. The maximum atomic E-state index is 12.6. The fourth-order valence-corrected chi connectivity index (χ4v) is 3.40. The van der Waals surface area contributed by atoms with Crippen LogP contribution < -0.4 is 10.9 Å². The van der Waals surface area contributed by atoms with Gasteiger partial charge in [0.1, 0.15) is 5.56 Å². The van der Waals surface area contributed by atoms with Gasteiger partial charge in [0, 0.05) is 24.3 Å². The van der Waals surface area contributed by atoms with Crippen molar-refractivity contribution < 1.29 is 4.79 Å². The summed E-state index contributed by atoms with van der Waals surface area (Å²) in [6.07, 6.45) is 4.36. The Hall–Kier alpha value is -1.62. The van der Waals surface area contributed by atoms with Gasteiger partial charge in [-0.25, -0.2) is 0 Å². The first-order chi connectivity index (χ1) is 9.66. The van der Waals surface area contributed by atoms with Gasteiger partial charge in [-0.05, 0) is 51.3 Å². The van der Waals surface area contributed by atoms with Crippen molar-refractivity contribution in [3.8, 4) is 0 Å². The highest BCUT2D eigenvalue weighted by molar-refractivity contribution is 5.94. The summed E-state index contributed by atoms with van der Waals surface area (Å²) in [6, 6.07) is 4.07. The zero-order chi connectivity index (χ0) is 14.1. The summed E-state index contributed by atoms with van der Waals surface area (Å²) in [7, 11) is 0. The van der Waals surface area contributed by atoms with Crippen LogP contribution in [0.1, 0.15) is 41.7 Å². The number of aromatic amines is 1. The topological polar surface area (TPSA) is 65.2 Å². The quantitative estimate of drug-likeness (QED) is 0.847. The fraction of sp³-hybridized carbons (Fsp3) is 0.600. The van der Waals surface area contributed by atoms with Crippen LogP contribution in [-0.4, -0.2) is 41.0 Å². The third kappa shape index (κ3) is 2.38. The minimum absolute atomic E-state index is 0.123. The highest BCUT2D eigenvalue weighted by Gasteiger charge is 2.36. The van der Waals surface area contributed by atoms with E-state index < -0.39 is 0 Å². The Morgan fingerprint density at radius 3 is 2.85 bits per heavy atom. The van der Waals surface area contributed by atoms with E-state index >= 15 is 0 Å². The zero-order valence-electron chi connectivity index (χ0n) is 11.8. The van der Waals surface area contributed by atoms with Crippen LogP contribution in [0.5, 0.6) is 0 Å². The summed E-state index contributed by atoms with van der Waals surface area (Å²) in [5.41, 5.74) is 0.766. The molecule has 2 aliphatic heterocycles. The Balaban J connectivity index is 1.83. The molecule has 108 valence electrons. The van der Waals surface area contributed by atoms with Crippen LogP contribution in [0.2, 0.25) is 0 Å². The molecule has 2 unspecified atom stereocenters. The lowest BCUT2D eigenvalue weighted by atomic mass is 10.0. The van der Waals surface area contributed by atoms with E-state index in [1.54, 1.807) is 12.1 Å². The van der Waals surface area contributed by atoms with Crippen molar-refractivity contribution in [1.29, 1.82) is 0 Å². The van der Waals surface area contributed by atoms with Gasteiger partial charge in [0.05, 0.1) is 0 Å². The Bertz CT molecular complexity index is 560. The number of amides is 1. The molecular weight excluding hydrogens is 254 g/mol. The van der Waals surface area contributed by atoms with Crippen LogP contribution in [0.4, 0.5) is 0 Å². The average molecular weight is 275 g/mol. The van der Waals surface area contributed by atoms with Crippen molar-refractivity contribution in [3.05, 3.63) is 33.7 Å². The molecule has 3 heterocycles. The number of H-pyrrole nitrogens is 1. The molecule has 0 aliphatic carbocycles. The van der Waals surface area contributed by atoms with E-state index in [4.69, 9.17) is 0 Å². The highest BCUT2D eigenvalue weighted by Crippen LogP contribution is 2.25. The van der Waals surface area contributed by atoms with E-state index in [1.807, 2.05) is 11.8 Å². The molecule has 5 nitrogen and oxygen atoms in total. The lowest BCUT2D eigenvalue weighted by Crippen LogP contribution is -2.47. The number of hydrogen-bond donors (Lipinski definition) is 2. The molecule has 0 spiro atoms. The minimum Gasteiger partial charge on any atom is -0.334 e. The summed E-state index contributed by atoms with van der Waals surface area (Å²) in [5, 5.41) is 3.48. The van der Waals surface area contributed by atoms with Crippen molar-refractivity contribution in [2.45, 2.75) is 44.7 Å². The molecule has 1 aromatic rings. The monoisotopic (exact) mass is 275 g/mol. The summed E-state index contributed by atoms with van der Waals surface area (Å²) < 4.78 is 0. The molecule has 5 heteroatoms. The summed E-state index contributed by atoms with van der Waals surface area (Å²) >= 11 is 0. The number of pyridine rings is 1. The van der Waals surface area contributed by atoms with Crippen LogP contribution in [0, 0.1) is 6.92 Å². The number of carbonyl (C=O) groups excluding carboxylic acids is 1. The minimum atomic E-state index is -0.278. The molecule has 0 bridgehead atoms. The molecule has 3 rings (SSSR count). The van der Waals surface area contributed by atoms with Gasteiger partial charge < -0.3 is 15.2 Å². The van der Waals surface area contributed by atoms with Crippen molar-refractivity contribution in [2.24, 2.45) is 0 Å². The summed E-state index contributed by atoms with van der Waals surface area (Å²) in [6.45, 7) is 3.61. The molecule has 1 amide bonds. The van der Waals surface area contributed by atoms with E-state index in [0.717, 1.165) is 38.0 Å². The van der Waals surface area contributed by atoms with Gasteiger partial charge in [0.15, 0.2) is 0 Å². The Kier molecular flexibility index (Phi) is 3.61. The summed E-state index contributed by atoms with van der Waals surface area (Å²) in [5.74, 6) is -0.123.